The summed E-state index contributed by atoms with van der Waals surface area (Å²) in [6.07, 6.45) is 6.45. The van der Waals surface area contributed by atoms with E-state index < -0.39 is 0 Å². The Kier molecular flexibility index (Phi) is 5.93. The van der Waals surface area contributed by atoms with Crippen LogP contribution in [-0.2, 0) is 4.79 Å². The molecule has 1 aliphatic carbocycles. The van der Waals surface area contributed by atoms with E-state index in [9.17, 15) is 9.59 Å². The molecule has 8 heteroatoms. The maximum atomic E-state index is 13.0. The molecule has 5 rings (SSSR count). The van der Waals surface area contributed by atoms with E-state index in [0.717, 1.165) is 56.1 Å². The van der Waals surface area contributed by atoms with Crippen LogP contribution in [0.15, 0.2) is 36.5 Å². The number of benzene rings is 1. The number of carbonyl (C=O) groups is 2. The van der Waals surface area contributed by atoms with Gasteiger partial charge in [0, 0.05) is 56.6 Å². The molecule has 1 aromatic carbocycles. The van der Waals surface area contributed by atoms with Crippen molar-refractivity contribution >= 4 is 34.7 Å². The fraction of sp³-hybridized carbons (Fsp3) is 0.480. The van der Waals surface area contributed by atoms with Crippen molar-refractivity contribution in [3.8, 4) is 0 Å². The van der Waals surface area contributed by atoms with Crippen LogP contribution in [0.2, 0.25) is 0 Å². The second kappa shape index (κ2) is 9.02. The predicted molar refractivity (Wildman–Crippen MR) is 130 cm³/mol. The molecule has 2 amide bonds. The van der Waals surface area contributed by atoms with Gasteiger partial charge in [-0.3, -0.25) is 9.59 Å². The largest absolute Gasteiger partial charge is 0.357 e. The van der Waals surface area contributed by atoms with Crippen LogP contribution in [0, 0.1) is 0 Å². The molecule has 8 nitrogen and oxygen atoms in total. The number of pyridine rings is 1. The highest BCUT2D eigenvalue weighted by Gasteiger charge is 2.33. The van der Waals surface area contributed by atoms with Crippen LogP contribution in [0.3, 0.4) is 0 Å². The Labute approximate surface area is 195 Å². The minimum Gasteiger partial charge on any atom is -0.357 e. The molecule has 0 bridgehead atoms. The lowest BCUT2D eigenvalue weighted by Gasteiger charge is -2.39. The maximum absolute atomic E-state index is 13.0. The van der Waals surface area contributed by atoms with Gasteiger partial charge in [-0.05, 0) is 38.1 Å². The van der Waals surface area contributed by atoms with Crippen LogP contribution in [0.5, 0.6) is 0 Å². The Morgan fingerprint density at radius 1 is 1.03 bits per heavy atom. The molecule has 2 fully saturated rings. The number of anilines is 4. The van der Waals surface area contributed by atoms with Gasteiger partial charge in [0.25, 0.3) is 5.91 Å². The zero-order valence-corrected chi connectivity index (χ0v) is 19.5. The predicted octanol–water partition coefficient (Wildman–Crippen LogP) is 2.94. The fourth-order valence-electron chi connectivity index (χ4n) is 5.08. The maximum Gasteiger partial charge on any atom is 0.254 e. The lowest BCUT2D eigenvalue weighted by atomic mass is 10.1. The van der Waals surface area contributed by atoms with Gasteiger partial charge in [0.2, 0.25) is 5.91 Å². The summed E-state index contributed by atoms with van der Waals surface area (Å²) in [5.74, 6) is 0.883. The Morgan fingerprint density at radius 3 is 2.55 bits per heavy atom. The summed E-state index contributed by atoms with van der Waals surface area (Å²) in [4.78, 5) is 38.2. The topological polar surface area (TPSA) is 72.0 Å². The van der Waals surface area contributed by atoms with Gasteiger partial charge in [0.1, 0.15) is 5.82 Å². The SMILES string of the molecule is CN1CCN(C(=O)c2cccc(Nc3cc4c(cn3)N(C)C(=O)CN4C3CCCC3)c2)CC1. The van der Waals surface area contributed by atoms with E-state index in [1.165, 1.54) is 12.8 Å². The molecular weight excluding hydrogens is 416 g/mol. The number of hydrogen-bond donors (Lipinski definition) is 1. The van der Waals surface area contributed by atoms with E-state index in [2.05, 4.69) is 27.1 Å². The number of amides is 2. The van der Waals surface area contributed by atoms with Gasteiger partial charge in [-0.25, -0.2) is 4.98 Å². The van der Waals surface area contributed by atoms with E-state index in [-0.39, 0.29) is 11.8 Å². The third-order valence-corrected chi connectivity index (χ3v) is 7.15. The molecule has 0 spiro atoms. The van der Waals surface area contributed by atoms with Crippen molar-refractivity contribution in [3.05, 3.63) is 42.1 Å². The van der Waals surface area contributed by atoms with Crippen LogP contribution >= 0.6 is 0 Å². The Bertz CT molecular complexity index is 1040. The molecule has 1 N–H and O–H groups in total. The fourth-order valence-corrected chi connectivity index (χ4v) is 5.08. The standard InChI is InChI=1S/C25H32N6O2/c1-28-10-12-30(13-11-28)25(33)18-6-5-7-19(14-18)27-23-15-21-22(16-26-23)29(2)24(32)17-31(21)20-8-3-4-9-20/h5-7,14-16,20H,3-4,8-13,17H2,1-2H3,(H,26,27). The van der Waals surface area contributed by atoms with Gasteiger partial charge < -0.3 is 24.9 Å². The number of piperazine rings is 1. The van der Waals surface area contributed by atoms with Gasteiger partial charge in [-0.15, -0.1) is 0 Å². The highest BCUT2D eigenvalue weighted by Crippen LogP contribution is 2.38. The molecule has 1 saturated heterocycles. The van der Waals surface area contributed by atoms with Gasteiger partial charge in [-0.2, -0.15) is 0 Å². The number of fused-ring (bicyclic) bond motifs is 1. The number of aromatic nitrogens is 1. The second-order valence-electron chi connectivity index (χ2n) is 9.38. The van der Waals surface area contributed by atoms with Crippen molar-refractivity contribution in [2.75, 3.05) is 61.9 Å². The van der Waals surface area contributed by atoms with Crippen molar-refractivity contribution in [1.29, 1.82) is 0 Å². The summed E-state index contributed by atoms with van der Waals surface area (Å²) in [7, 11) is 3.90. The summed E-state index contributed by atoms with van der Waals surface area (Å²) in [6.45, 7) is 3.71. The molecule has 2 aromatic rings. The molecular formula is C25H32N6O2. The van der Waals surface area contributed by atoms with Crippen LogP contribution in [0.4, 0.5) is 22.9 Å². The van der Waals surface area contributed by atoms with Crippen LogP contribution in [0.25, 0.3) is 0 Å². The molecule has 0 radical (unpaired) electrons. The molecule has 2 aliphatic heterocycles. The van der Waals surface area contributed by atoms with Crippen LogP contribution in [0.1, 0.15) is 36.0 Å². The van der Waals surface area contributed by atoms with Gasteiger partial charge in [0.05, 0.1) is 24.1 Å². The van der Waals surface area contributed by atoms with Gasteiger partial charge in [0.15, 0.2) is 0 Å². The summed E-state index contributed by atoms with van der Waals surface area (Å²) in [6, 6.07) is 10.1. The number of nitrogens with one attached hydrogen (secondary N) is 1. The van der Waals surface area contributed by atoms with Crippen molar-refractivity contribution in [2.24, 2.45) is 0 Å². The first kappa shape index (κ1) is 21.7. The second-order valence-corrected chi connectivity index (χ2v) is 9.38. The first-order chi connectivity index (χ1) is 16.0. The smallest absolute Gasteiger partial charge is 0.254 e. The number of nitrogens with zero attached hydrogens (tertiary/aromatic N) is 5. The van der Waals surface area contributed by atoms with Crippen molar-refractivity contribution in [1.82, 2.24) is 14.8 Å². The quantitative estimate of drug-likeness (QED) is 0.776. The third-order valence-electron chi connectivity index (χ3n) is 7.15. The molecule has 1 saturated carbocycles. The first-order valence-corrected chi connectivity index (χ1v) is 11.9. The molecule has 174 valence electrons. The highest BCUT2D eigenvalue weighted by atomic mass is 16.2. The number of likely N-dealkylation sites (N-methyl/N-ethyl adjacent to an activating group) is 2. The Hall–Kier alpha value is -3.13. The molecule has 33 heavy (non-hydrogen) atoms. The van der Waals surface area contributed by atoms with E-state index >= 15 is 0 Å². The lowest BCUT2D eigenvalue weighted by Crippen LogP contribution is -2.47. The average Bonchev–Trinajstić information content (AvgIpc) is 3.36. The zero-order valence-electron chi connectivity index (χ0n) is 19.5. The third kappa shape index (κ3) is 4.39. The van der Waals surface area contributed by atoms with E-state index in [1.54, 1.807) is 11.1 Å². The molecule has 0 unspecified atom stereocenters. The average molecular weight is 449 g/mol. The van der Waals surface area contributed by atoms with Crippen LogP contribution in [-0.4, -0.2) is 79.5 Å². The monoisotopic (exact) mass is 448 g/mol. The lowest BCUT2D eigenvalue weighted by molar-refractivity contribution is -0.117. The van der Waals surface area contributed by atoms with Crippen LogP contribution < -0.4 is 15.1 Å². The number of carbonyl (C=O) groups excluding carboxylic acids is 2. The highest BCUT2D eigenvalue weighted by molar-refractivity contribution is 6.03. The summed E-state index contributed by atoms with van der Waals surface area (Å²) >= 11 is 0. The molecule has 3 heterocycles. The first-order valence-electron chi connectivity index (χ1n) is 11.9. The number of hydrogen-bond acceptors (Lipinski definition) is 6. The molecule has 0 atom stereocenters. The van der Waals surface area contributed by atoms with Crippen molar-refractivity contribution in [3.63, 3.8) is 0 Å². The minimum atomic E-state index is 0.0673. The normalized spacial score (nSPS) is 19.7. The molecule has 1 aromatic heterocycles. The Morgan fingerprint density at radius 2 is 1.79 bits per heavy atom. The van der Waals surface area contributed by atoms with Gasteiger partial charge >= 0.3 is 0 Å². The Balaban J connectivity index is 1.37. The number of rotatable bonds is 4. The van der Waals surface area contributed by atoms with Gasteiger partial charge in [-0.1, -0.05) is 18.9 Å². The van der Waals surface area contributed by atoms with E-state index in [0.29, 0.717) is 24.0 Å². The summed E-state index contributed by atoms with van der Waals surface area (Å²) < 4.78 is 0. The van der Waals surface area contributed by atoms with Crippen molar-refractivity contribution in [2.45, 2.75) is 31.7 Å². The minimum absolute atomic E-state index is 0.0673. The van der Waals surface area contributed by atoms with E-state index in [1.807, 2.05) is 42.3 Å². The zero-order chi connectivity index (χ0) is 22.9. The van der Waals surface area contributed by atoms with E-state index in [4.69, 9.17) is 0 Å². The van der Waals surface area contributed by atoms with Crippen molar-refractivity contribution < 1.29 is 9.59 Å². The summed E-state index contributed by atoms with van der Waals surface area (Å²) in [5.41, 5.74) is 3.41. The summed E-state index contributed by atoms with van der Waals surface area (Å²) in [5, 5.41) is 3.38. The molecule has 3 aliphatic rings.